The molecule has 0 radical (unpaired) electrons. The number of carbonyl (C=O) groups is 1. The zero-order chi connectivity index (χ0) is 12.8. The van der Waals surface area contributed by atoms with Crippen molar-refractivity contribution in [2.45, 2.75) is 6.42 Å². The molecule has 0 saturated heterocycles. The molecule has 1 aromatic carbocycles. The van der Waals surface area contributed by atoms with Crippen LogP contribution < -0.4 is 15.2 Å². The van der Waals surface area contributed by atoms with Crippen LogP contribution >= 0.6 is 0 Å². The number of non-ortho nitro benzene ring substituents is 1. The summed E-state index contributed by atoms with van der Waals surface area (Å²) in [6.45, 7) is 0.101. The predicted molar refractivity (Wildman–Crippen MR) is 59.0 cm³/mol. The molecule has 17 heavy (non-hydrogen) atoms. The van der Waals surface area contributed by atoms with E-state index in [2.05, 4.69) is 0 Å². The van der Waals surface area contributed by atoms with Gasteiger partial charge in [-0.25, -0.2) is 0 Å². The molecule has 7 nitrogen and oxygen atoms in total. The van der Waals surface area contributed by atoms with E-state index in [9.17, 15) is 14.9 Å². The van der Waals surface area contributed by atoms with Crippen molar-refractivity contribution in [3.8, 4) is 11.5 Å². The van der Waals surface area contributed by atoms with E-state index >= 15 is 0 Å². The highest BCUT2D eigenvalue weighted by Gasteiger charge is 2.12. The van der Waals surface area contributed by atoms with Crippen LogP contribution in [0.2, 0.25) is 0 Å². The fourth-order valence-corrected chi connectivity index (χ4v) is 1.15. The first-order valence-corrected chi connectivity index (χ1v) is 4.78. The molecule has 1 aromatic rings. The molecule has 1 rings (SSSR count). The van der Waals surface area contributed by atoms with Gasteiger partial charge in [-0.05, 0) is 6.07 Å². The number of primary amides is 1. The Labute approximate surface area is 97.3 Å². The maximum Gasteiger partial charge on any atom is 0.273 e. The lowest BCUT2D eigenvalue weighted by Gasteiger charge is -2.09. The van der Waals surface area contributed by atoms with Gasteiger partial charge in [-0.2, -0.15) is 0 Å². The third-order valence-electron chi connectivity index (χ3n) is 1.96. The molecule has 1 amide bonds. The second-order valence-electron chi connectivity index (χ2n) is 3.16. The number of carbonyl (C=O) groups excluding carboxylic acids is 1. The molecule has 0 aliphatic heterocycles. The summed E-state index contributed by atoms with van der Waals surface area (Å²) in [6.07, 6.45) is 0.0696. The second-order valence-corrected chi connectivity index (χ2v) is 3.16. The Balaban J connectivity index is 2.78. The summed E-state index contributed by atoms with van der Waals surface area (Å²) in [5.74, 6) is 0.0916. The number of nitrogens with zero attached hydrogens (tertiary/aromatic N) is 1. The summed E-state index contributed by atoms with van der Waals surface area (Å²) in [5.41, 5.74) is 4.86. The van der Waals surface area contributed by atoms with Gasteiger partial charge in [0, 0.05) is 6.07 Å². The van der Waals surface area contributed by atoms with Crippen molar-refractivity contribution in [2.24, 2.45) is 5.73 Å². The Morgan fingerprint density at radius 1 is 1.47 bits per heavy atom. The van der Waals surface area contributed by atoms with Crippen molar-refractivity contribution in [1.29, 1.82) is 0 Å². The number of nitrogens with two attached hydrogens (primary N) is 1. The van der Waals surface area contributed by atoms with Gasteiger partial charge in [0.15, 0.2) is 11.5 Å². The van der Waals surface area contributed by atoms with Crippen LogP contribution in [-0.2, 0) is 4.79 Å². The van der Waals surface area contributed by atoms with Gasteiger partial charge in [-0.15, -0.1) is 0 Å². The third-order valence-corrected chi connectivity index (χ3v) is 1.96. The molecular formula is C10H12N2O5. The van der Waals surface area contributed by atoms with Gasteiger partial charge in [0.1, 0.15) is 0 Å². The Bertz CT molecular complexity index is 433. The molecule has 0 saturated carbocycles. The summed E-state index contributed by atoms with van der Waals surface area (Å²) >= 11 is 0. The van der Waals surface area contributed by atoms with E-state index in [-0.39, 0.29) is 24.5 Å². The number of rotatable bonds is 6. The number of methoxy groups -OCH3 is 1. The van der Waals surface area contributed by atoms with Crippen LogP contribution in [0.3, 0.4) is 0 Å². The van der Waals surface area contributed by atoms with Crippen LogP contribution in [0.1, 0.15) is 6.42 Å². The van der Waals surface area contributed by atoms with Crippen molar-refractivity contribution in [2.75, 3.05) is 13.7 Å². The van der Waals surface area contributed by atoms with E-state index in [0.717, 1.165) is 0 Å². The molecule has 92 valence electrons. The second kappa shape index (κ2) is 5.69. The lowest BCUT2D eigenvalue weighted by molar-refractivity contribution is -0.385. The van der Waals surface area contributed by atoms with Crippen LogP contribution in [0.15, 0.2) is 18.2 Å². The van der Waals surface area contributed by atoms with Gasteiger partial charge < -0.3 is 15.2 Å². The van der Waals surface area contributed by atoms with E-state index in [1.54, 1.807) is 0 Å². The molecule has 2 N–H and O–H groups in total. The number of nitro groups is 1. The van der Waals surface area contributed by atoms with Crippen LogP contribution in [0.5, 0.6) is 11.5 Å². The average Bonchev–Trinajstić information content (AvgIpc) is 2.28. The lowest BCUT2D eigenvalue weighted by Crippen LogP contribution is -2.14. The molecule has 0 fully saturated rings. The van der Waals surface area contributed by atoms with Gasteiger partial charge in [-0.1, -0.05) is 0 Å². The molecule has 0 heterocycles. The Kier molecular flexibility index (Phi) is 4.27. The van der Waals surface area contributed by atoms with Crippen LogP contribution in [-0.4, -0.2) is 24.5 Å². The summed E-state index contributed by atoms with van der Waals surface area (Å²) in [7, 11) is 1.38. The lowest BCUT2D eigenvalue weighted by atomic mass is 10.3. The van der Waals surface area contributed by atoms with Gasteiger partial charge in [0.25, 0.3) is 5.69 Å². The van der Waals surface area contributed by atoms with Crippen molar-refractivity contribution in [3.05, 3.63) is 28.3 Å². The number of benzene rings is 1. The maximum absolute atomic E-state index is 10.5. The SMILES string of the molecule is COc1cc([N+](=O)[O-])ccc1OCCC(N)=O. The number of ether oxygens (including phenoxy) is 2. The van der Waals surface area contributed by atoms with E-state index < -0.39 is 10.8 Å². The molecule has 0 unspecified atom stereocenters. The van der Waals surface area contributed by atoms with Gasteiger partial charge in [0.05, 0.1) is 31.1 Å². The molecule has 0 bridgehead atoms. The summed E-state index contributed by atoms with van der Waals surface area (Å²) in [4.78, 5) is 20.5. The Hall–Kier alpha value is -2.31. The zero-order valence-electron chi connectivity index (χ0n) is 9.21. The van der Waals surface area contributed by atoms with Crippen LogP contribution in [0.4, 0.5) is 5.69 Å². The fraction of sp³-hybridized carbons (Fsp3) is 0.300. The number of hydrogen-bond donors (Lipinski definition) is 1. The molecular weight excluding hydrogens is 228 g/mol. The predicted octanol–water partition coefficient (Wildman–Crippen LogP) is 0.858. The first-order chi connectivity index (χ1) is 8.04. The standard InChI is InChI=1S/C10H12N2O5/c1-16-9-6-7(12(14)15)2-3-8(9)17-5-4-10(11)13/h2-3,6H,4-5H2,1H3,(H2,11,13). The number of amides is 1. The molecule has 0 atom stereocenters. The topological polar surface area (TPSA) is 105 Å². The first-order valence-electron chi connectivity index (χ1n) is 4.78. The normalized spacial score (nSPS) is 9.71. The molecule has 0 spiro atoms. The average molecular weight is 240 g/mol. The van der Waals surface area contributed by atoms with Crippen LogP contribution in [0, 0.1) is 10.1 Å². The minimum Gasteiger partial charge on any atom is -0.493 e. The number of nitro benzene ring substituents is 1. The van der Waals surface area contributed by atoms with Crippen molar-refractivity contribution in [3.63, 3.8) is 0 Å². The first kappa shape index (κ1) is 12.8. The Morgan fingerprint density at radius 2 is 2.18 bits per heavy atom. The van der Waals surface area contributed by atoms with Gasteiger partial charge in [0.2, 0.25) is 5.91 Å². The van der Waals surface area contributed by atoms with Crippen molar-refractivity contribution < 1.29 is 19.2 Å². The van der Waals surface area contributed by atoms with E-state index in [1.165, 1.54) is 25.3 Å². The molecule has 0 aromatic heterocycles. The number of hydrogen-bond acceptors (Lipinski definition) is 5. The molecule has 0 aliphatic carbocycles. The molecule has 0 aliphatic rings. The third kappa shape index (κ3) is 3.63. The smallest absolute Gasteiger partial charge is 0.273 e. The fourth-order valence-electron chi connectivity index (χ4n) is 1.15. The van der Waals surface area contributed by atoms with E-state index in [4.69, 9.17) is 15.2 Å². The van der Waals surface area contributed by atoms with E-state index in [0.29, 0.717) is 5.75 Å². The minimum atomic E-state index is -0.532. The molecule has 7 heteroatoms. The van der Waals surface area contributed by atoms with E-state index in [1.807, 2.05) is 0 Å². The highest BCUT2D eigenvalue weighted by Crippen LogP contribution is 2.31. The summed E-state index contributed by atoms with van der Waals surface area (Å²) < 4.78 is 10.2. The van der Waals surface area contributed by atoms with Gasteiger partial charge >= 0.3 is 0 Å². The van der Waals surface area contributed by atoms with Crippen molar-refractivity contribution in [1.82, 2.24) is 0 Å². The maximum atomic E-state index is 10.5. The summed E-state index contributed by atoms with van der Waals surface area (Å²) in [5, 5.41) is 10.5. The van der Waals surface area contributed by atoms with Gasteiger partial charge in [-0.3, -0.25) is 14.9 Å². The quantitative estimate of drug-likeness (QED) is 0.586. The minimum absolute atomic E-state index is 0.0696. The van der Waals surface area contributed by atoms with Crippen molar-refractivity contribution >= 4 is 11.6 Å². The van der Waals surface area contributed by atoms with Crippen LogP contribution in [0.25, 0.3) is 0 Å². The zero-order valence-corrected chi connectivity index (χ0v) is 9.21. The highest BCUT2D eigenvalue weighted by atomic mass is 16.6. The monoisotopic (exact) mass is 240 g/mol. The Morgan fingerprint density at radius 3 is 2.71 bits per heavy atom. The summed E-state index contributed by atoms with van der Waals surface area (Å²) in [6, 6.07) is 3.96. The largest absolute Gasteiger partial charge is 0.493 e. The highest BCUT2D eigenvalue weighted by molar-refractivity contribution is 5.73.